The van der Waals surface area contributed by atoms with Gasteiger partial charge in [0.25, 0.3) is 0 Å². The lowest BCUT2D eigenvalue weighted by atomic mass is 9.99. The number of hydrogen-bond acceptors (Lipinski definition) is 2. The minimum absolute atomic E-state index is 0.0224. The Morgan fingerprint density at radius 1 is 1.33 bits per heavy atom. The first-order valence-electron chi connectivity index (χ1n) is 7.03. The number of nitrogens with zero attached hydrogens (tertiary/aromatic N) is 1. The number of carboxylic acids is 1. The summed E-state index contributed by atoms with van der Waals surface area (Å²) < 4.78 is 0.926. The van der Waals surface area contributed by atoms with Crippen molar-refractivity contribution in [3.63, 3.8) is 0 Å². The lowest BCUT2D eigenvalue weighted by Crippen LogP contribution is -2.44. The summed E-state index contributed by atoms with van der Waals surface area (Å²) in [7, 11) is 0. The third-order valence-corrected chi connectivity index (χ3v) is 4.35. The van der Waals surface area contributed by atoms with Crippen molar-refractivity contribution in [1.29, 1.82) is 0 Å². The minimum Gasteiger partial charge on any atom is -0.481 e. The van der Waals surface area contributed by atoms with Crippen molar-refractivity contribution in [1.82, 2.24) is 4.90 Å². The molecule has 1 aliphatic rings. The van der Waals surface area contributed by atoms with Crippen LogP contribution < -0.4 is 0 Å². The van der Waals surface area contributed by atoms with Gasteiger partial charge in [-0.1, -0.05) is 34.1 Å². The van der Waals surface area contributed by atoms with E-state index in [4.69, 9.17) is 5.11 Å². The second-order valence-electron chi connectivity index (χ2n) is 5.13. The van der Waals surface area contributed by atoms with E-state index in [1.807, 2.05) is 24.3 Å². The van der Waals surface area contributed by atoms with E-state index in [0.717, 1.165) is 29.3 Å². The van der Waals surface area contributed by atoms with Crippen LogP contribution in [0.15, 0.2) is 34.8 Å². The molecule has 1 aromatic rings. The quantitative estimate of drug-likeness (QED) is 0.846. The van der Waals surface area contributed by atoms with Crippen molar-refractivity contribution in [3.8, 4) is 0 Å². The van der Waals surface area contributed by atoms with E-state index in [1.165, 1.54) is 6.08 Å². The topological polar surface area (TPSA) is 57.6 Å². The summed E-state index contributed by atoms with van der Waals surface area (Å²) in [5.74, 6) is -0.966. The zero-order valence-corrected chi connectivity index (χ0v) is 13.3. The van der Waals surface area contributed by atoms with Crippen LogP contribution in [0.3, 0.4) is 0 Å². The van der Waals surface area contributed by atoms with Gasteiger partial charge in [-0.2, -0.15) is 0 Å². The number of rotatable bonds is 4. The summed E-state index contributed by atoms with van der Waals surface area (Å²) in [5.41, 5.74) is 0.928. The largest absolute Gasteiger partial charge is 0.481 e. The molecule has 112 valence electrons. The molecule has 1 amide bonds. The average Bonchev–Trinajstić information content (AvgIpc) is 2.46. The number of hydrogen-bond donors (Lipinski definition) is 1. The van der Waals surface area contributed by atoms with Gasteiger partial charge >= 0.3 is 5.97 Å². The highest BCUT2D eigenvalue weighted by molar-refractivity contribution is 9.10. The van der Waals surface area contributed by atoms with Crippen molar-refractivity contribution in [3.05, 3.63) is 40.4 Å². The van der Waals surface area contributed by atoms with Gasteiger partial charge in [0, 0.05) is 23.1 Å². The Kier molecular flexibility index (Phi) is 5.56. The fourth-order valence-corrected chi connectivity index (χ4v) is 2.99. The van der Waals surface area contributed by atoms with Crippen LogP contribution >= 0.6 is 15.9 Å². The van der Waals surface area contributed by atoms with E-state index in [-0.39, 0.29) is 18.4 Å². The van der Waals surface area contributed by atoms with Crippen molar-refractivity contribution in [2.24, 2.45) is 0 Å². The summed E-state index contributed by atoms with van der Waals surface area (Å²) >= 11 is 3.43. The molecule has 1 aliphatic heterocycles. The molecule has 5 heteroatoms. The van der Waals surface area contributed by atoms with Crippen molar-refractivity contribution >= 4 is 33.9 Å². The van der Waals surface area contributed by atoms with Crippen molar-refractivity contribution in [2.75, 3.05) is 6.54 Å². The predicted molar refractivity (Wildman–Crippen MR) is 84.8 cm³/mol. The second-order valence-corrected chi connectivity index (χ2v) is 5.99. The molecule has 1 fully saturated rings. The maximum absolute atomic E-state index is 12.3. The third-order valence-electron chi connectivity index (χ3n) is 3.63. The summed E-state index contributed by atoms with van der Waals surface area (Å²) in [4.78, 5) is 24.9. The van der Waals surface area contributed by atoms with E-state index in [0.29, 0.717) is 6.54 Å². The van der Waals surface area contributed by atoms with E-state index in [2.05, 4.69) is 15.9 Å². The predicted octanol–water partition coefficient (Wildman–Crippen LogP) is 3.32. The van der Waals surface area contributed by atoms with Gasteiger partial charge in [0.1, 0.15) is 0 Å². The van der Waals surface area contributed by atoms with Gasteiger partial charge in [-0.25, -0.2) is 0 Å². The minimum atomic E-state index is -0.852. The molecule has 2 rings (SSSR count). The first-order valence-corrected chi connectivity index (χ1v) is 7.82. The van der Waals surface area contributed by atoms with Crippen molar-refractivity contribution in [2.45, 2.75) is 31.7 Å². The fraction of sp³-hybridized carbons (Fsp3) is 0.375. The molecule has 4 nitrogen and oxygen atoms in total. The van der Waals surface area contributed by atoms with Crippen LogP contribution in [0.4, 0.5) is 0 Å². The third kappa shape index (κ3) is 4.43. The van der Waals surface area contributed by atoms with Gasteiger partial charge in [-0.3, -0.25) is 9.59 Å². The summed E-state index contributed by atoms with van der Waals surface area (Å²) in [6.07, 6.45) is 6.00. The number of carbonyl (C=O) groups excluding carboxylic acids is 1. The summed E-state index contributed by atoms with van der Waals surface area (Å²) in [6, 6.07) is 7.46. The second kappa shape index (κ2) is 7.41. The lowest BCUT2D eigenvalue weighted by Gasteiger charge is -2.34. The molecule has 1 atom stereocenters. The zero-order chi connectivity index (χ0) is 15.2. The summed E-state index contributed by atoms with van der Waals surface area (Å²) in [6.45, 7) is 0.636. The van der Waals surface area contributed by atoms with Crippen LogP contribution in [0.25, 0.3) is 6.08 Å². The molecule has 21 heavy (non-hydrogen) atoms. The molecule has 0 radical (unpaired) electrons. The molecule has 1 aromatic carbocycles. The Bertz CT molecular complexity index is 556. The first kappa shape index (κ1) is 15.8. The maximum atomic E-state index is 12.3. The standard InChI is InChI=1S/C16H18BrNO3/c17-14-7-2-1-5-12(14)8-9-15(19)18-10-4-3-6-13(18)11-16(20)21/h1-2,5,7-9,13H,3-4,6,10-11H2,(H,20,21)/b9-8+. The molecule has 1 saturated heterocycles. The fourth-order valence-electron chi connectivity index (χ4n) is 2.57. The van der Waals surface area contributed by atoms with Gasteiger partial charge in [-0.05, 0) is 37.0 Å². The molecule has 0 saturated carbocycles. The molecule has 0 aromatic heterocycles. The highest BCUT2D eigenvalue weighted by Gasteiger charge is 2.27. The number of halogens is 1. The number of carbonyl (C=O) groups is 2. The van der Waals surface area contributed by atoms with Gasteiger partial charge in [-0.15, -0.1) is 0 Å². The Morgan fingerprint density at radius 2 is 2.10 bits per heavy atom. The number of benzene rings is 1. The molecule has 1 heterocycles. The average molecular weight is 352 g/mol. The van der Waals surface area contributed by atoms with E-state index >= 15 is 0 Å². The highest BCUT2D eigenvalue weighted by Crippen LogP contribution is 2.21. The van der Waals surface area contributed by atoms with E-state index < -0.39 is 5.97 Å². The Labute approximate surface area is 132 Å². The maximum Gasteiger partial charge on any atom is 0.305 e. The van der Waals surface area contributed by atoms with E-state index in [1.54, 1.807) is 11.0 Å². The number of likely N-dealkylation sites (tertiary alicyclic amines) is 1. The van der Waals surface area contributed by atoms with Crippen LogP contribution in [0.1, 0.15) is 31.2 Å². The lowest BCUT2D eigenvalue weighted by molar-refractivity contribution is -0.140. The normalized spacial score (nSPS) is 18.9. The molecule has 1 unspecified atom stereocenters. The zero-order valence-electron chi connectivity index (χ0n) is 11.7. The Morgan fingerprint density at radius 3 is 2.81 bits per heavy atom. The summed E-state index contributed by atoms with van der Waals surface area (Å²) in [5, 5.41) is 8.95. The number of piperidine rings is 1. The van der Waals surface area contributed by atoms with Crippen LogP contribution in [-0.4, -0.2) is 34.5 Å². The number of carboxylic acid groups (broad SMARTS) is 1. The van der Waals surface area contributed by atoms with E-state index in [9.17, 15) is 9.59 Å². The van der Waals surface area contributed by atoms with Crippen molar-refractivity contribution < 1.29 is 14.7 Å². The molecular formula is C16H18BrNO3. The number of amides is 1. The van der Waals surface area contributed by atoms with Gasteiger partial charge in [0.15, 0.2) is 0 Å². The smallest absolute Gasteiger partial charge is 0.305 e. The first-order chi connectivity index (χ1) is 10.1. The Balaban J connectivity index is 2.07. The van der Waals surface area contributed by atoms with Gasteiger partial charge in [0.05, 0.1) is 6.42 Å². The highest BCUT2D eigenvalue weighted by atomic mass is 79.9. The molecule has 0 bridgehead atoms. The molecule has 0 spiro atoms. The van der Waals surface area contributed by atoms with Crippen LogP contribution in [-0.2, 0) is 9.59 Å². The number of aliphatic carboxylic acids is 1. The molecule has 1 N–H and O–H groups in total. The monoisotopic (exact) mass is 351 g/mol. The van der Waals surface area contributed by atoms with Crippen LogP contribution in [0.5, 0.6) is 0 Å². The SMILES string of the molecule is O=C(O)CC1CCCCN1C(=O)/C=C/c1ccccc1Br. The Hall–Kier alpha value is -1.62. The molecular weight excluding hydrogens is 334 g/mol. The molecule has 0 aliphatic carbocycles. The van der Waals surface area contributed by atoms with Crippen LogP contribution in [0.2, 0.25) is 0 Å². The van der Waals surface area contributed by atoms with Gasteiger partial charge < -0.3 is 10.0 Å². The van der Waals surface area contributed by atoms with Gasteiger partial charge in [0.2, 0.25) is 5.91 Å². The van der Waals surface area contributed by atoms with Crippen LogP contribution in [0, 0.1) is 0 Å².